The van der Waals surface area contributed by atoms with Crippen LogP contribution in [0.1, 0.15) is 101 Å². The summed E-state index contributed by atoms with van der Waals surface area (Å²) in [5.41, 5.74) is -6.05. The molecule has 0 saturated carbocycles. The lowest BCUT2D eigenvalue weighted by Crippen LogP contribution is -2.70. The third-order valence-corrected chi connectivity index (χ3v) is 14.3. The Kier molecular flexibility index (Phi) is 19.9. The zero-order valence-electron chi connectivity index (χ0n) is 41.2. The van der Waals surface area contributed by atoms with Crippen LogP contribution in [-0.2, 0) is 38.0 Å². The number of aliphatic hydroxyl groups is 4. The average molecular weight is 912 g/mol. The monoisotopic (exact) mass is 912 g/mol. The molecule has 4 rings (SSSR count). The van der Waals surface area contributed by atoms with Gasteiger partial charge >= 0.3 is 5.97 Å². The number of benzene rings is 1. The van der Waals surface area contributed by atoms with Crippen molar-refractivity contribution < 1.29 is 63.1 Å². The number of likely N-dealkylation sites (N-methyl/N-ethyl adjacent to an activating group) is 1. The number of aliphatic hydroxyl groups excluding tert-OH is 1. The fourth-order valence-electron chi connectivity index (χ4n) is 10.1. The number of methoxy groups -OCH3 is 2. The highest BCUT2D eigenvalue weighted by Crippen LogP contribution is 2.43. The summed E-state index contributed by atoms with van der Waals surface area (Å²) in [6.45, 7) is 19.6. The number of nitrogens with zero attached hydrogens (tertiary/aromatic N) is 1. The van der Waals surface area contributed by atoms with Crippen LogP contribution in [0.5, 0.6) is 5.75 Å². The first kappa shape index (κ1) is 54.6. The van der Waals surface area contributed by atoms with Crippen molar-refractivity contribution in [3.05, 3.63) is 30.3 Å². The smallest absolute Gasteiger partial charge is 0.311 e. The van der Waals surface area contributed by atoms with Crippen LogP contribution in [0.3, 0.4) is 0 Å². The Hall–Kier alpha value is -2.03. The van der Waals surface area contributed by atoms with Crippen LogP contribution in [0.25, 0.3) is 0 Å². The predicted octanol–water partition coefficient (Wildman–Crippen LogP) is 3.64. The lowest BCUT2D eigenvalue weighted by molar-refractivity contribution is -0.335. The topological polar surface area (TPSA) is 199 Å². The van der Waals surface area contributed by atoms with Gasteiger partial charge in [0.25, 0.3) is 0 Å². The van der Waals surface area contributed by atoms with E-state index >= 15 is 0 Å². The van der Waals surface area contributed by atoms with Gasteiger partial charge in [0.1, 0.15) is 34.8 Å². The molecule has 6 N–H and O–H groups in total. The van der Waals surface area contributed by atoms with Crippen LogP contribution < -0.4 is 15.4 Å². The molecule has 0 unspecified atom stereocenters. The van der Waals surface area contributed by atoms with Gasteiger partial charge in [0.05, 0.1) is 42.0 Å². The number of esters is 1. The zero-order valence-corrected chi connectivity index (χ0v) is 41.2. The number of carbonyl (C=O) groups is 1. The van der Waals surface area contributed by atoms with Crippen molar-refractivity contribution in [3.63, 3.8) is 0 Å². The molecule has 64 heavy (non-hydrogen) atoms. The molecule has 1 aromatic rings. The van der Waals surface area contributed by atoms with Crippen LogP contribution in [0.4, 0.5) is 0 Å². The molecule has 3 heterocycles. The second-order valence-corrected chi connectivity index (χ2v) is 19.9. The van der Waals surface area contributed by atoms with E-state index in [1.165, 1.54) is 6.92 Å². The Labute approximate surface area is 383 Å². The van der Waals surface area contributed by atoms with E-state index < -0.39 is 95.5 Å². The van der Waals surface area contributed by atoms with Crippen LogP contribution in [0.2, 0.25) is 0 Å². The first-order valence-corrected chi connectivity index (χ1v) is 23.5. The van der Waals surface area contributed by atoms with E-state index in [4.69, 9.17) is 37.9 Å². The maximum absolute atomic E-state index is 14.6. The van der Waals surface area contributed by atoms with Crippen LogP contribution >= 0.6 is 0 Å². The number of hydrogen-bond acceptors (Lipinski definition) is 16. The second kappa shape index (κ2) is 23.3. The molecule has 0 bridgehead atoms. The summed E-state index contributed by atoms with van der Waals surface area (Å²) < 4.78 is 51.4. The average Bonchev–Trinajstić information content (AvgIpc) is 3.24. The number of rotatable bonds is 15. The zero-order chi connectivity index (χ0) is 47.8. The van der Waals surface area contributed by atoms with Gasteiger partial charge in [-0.15, -0.1) is 0 Å². The number of cyclic esters (lactones) is 1. The van der Waals surface area contributed by atoms with Crippen molar-refractivity contribution in [2.75, 3.05) is 54.6 Å². The number of ether oxygens (including phenoxy) is 8. The third-order valence-electron chi connectivity index (χ3n) is 14.3. The van der Waals surface area contributed by atoms with Gasteiger partial charge in [-0.1, -0.05) is 39.0 Å². The van der Waals surface area contributed by atoms with E-state index in [2.05, 4.69) is 15.5 Å². The third kappa shape index (κ3) is 12.9. The summed E-state index contributed by atoms with van der Waals surface area (Å²) in [6.07, 6.45) is -6.19. The lowest BCUT2D eigenvalue weighted by atomic mass is 9.75. The van der Waals surface area contributed by atoms with Gasteiger partial charge in [-0.25, -0.2) is 0 Å². The van der Waals surface area contributed by atoms with E-state index in [1.54, 1.807) is 48.8 Å². The number of hydrogen-bond donors (Lipinski definition) is 6. The molecule has 18 atom stereocenters. The molecular weight excluding hydrogens is 827 g/mol. The summed E-state index contributed by atoms with van der Waals surface area (Å²) in [7, 11) is 7.17. The molecule has 0 radical (unpaired) electrons. The molecule has 3 fully saturated rings. The van der Waals surface area contributed by atoms with Gasteiger partial charge in [-0.2, -0.15) is 0 Å². The Morgan fingerprint density at radius 3 is 2.22 bits per heavy atom. The highest BCUT2D eigenvalue weighted by molar-refractivity contribution is 5.73. The Morgan fingerprint density at radius 2 is 1.61 bits per heavy atom. The van der Waals surface area contributed by atoms with Crippen molar-refractivity contribution in [1.82, 2.24) is 15.5 Å². The molecule has 16 heteroatoms. The van der Waals surface area contributed by atoms with Gasteiger partial charge < -0.3 is 73.9 Å². The molecule has 0 spiro atoms. The summed E-state index contributed by atoms with van der Waals surface area (Å²) in [4.78, 5) is 16.7. The SMILES string of the molecule is CC[C@H]1OC(=O)[C@H](C)[C@@H](O[C@H]2C[C@@](C)(OC)[C@](O)(CNCCCOC)[C@H](C)O2)[C@H](C)[C@@H](O[C@@H]2O[C@H](C)C[C@H](N(C)C)[C@H]2Oc2ccccc2)[C@](C)(O)C[C@@H](C)CN[C@H](C)[C@@H](O)[C@]1(C)O. The minimum atomic E-state index is -1.82. The first-order valence-electron chi connectivity index (χ1n) is 23.5. The number of nitrogens with one attached hydrogen (secondary N) is 2. The van der Waals surface area contributed by atoms with Gasteiger partial charge in [-0.05, 0) is 119 Å². The van der Waals surface area contributed by atoms with Crippen molar-refractivity contribution in [1.29, 1.82) is 0 Å². The van der Waals surface area contributed by atoms with E-state index in [1.807, 2.05) is 72.1 Å². The van der Waals surface area contributed by atoms with Crippen LogP contribution in [0, 0.1) is 17.8 Å². The molecule has 3 aliphatic rings. The van der Waals surface area contributed by atoms with E-state index in [0.717, 1.165) is 6.42 Å². The minimum absolute atomic E-state index is 0.0802. The molecule has 0 aliphatic carbocycles. The number of carbonyl (C=O) groups excluding carboxylic acids is 1. The van der Waals surface area contributed by atoms with Crippen LogP contribution in [0.15, 0.2) is 30.3 Å². The summed E-state index contributed by atoms with van der Waals surface area (Å²) in [6, 6.07) is 8.75. The molecule has 16 nitrogen and oxygen atoms in total. The maximum Gasteiger partial charge on any atom is 0.311 e. The fraction of sp³-hybridized carbons (Fsp3) is 0.854. The molecule has 3 saturated heterocycles. The summed E-state index contributed by atoms with van der Waals surface area (Å²) in [5, 5.41) is 55.1. The van der Waals surface area contributed by atoms with E-state index in [0.29, 0.717) is 31.9 Å². The second-order valence-electron chi connectivity index (χ2n) is 19.9. The van der Waals surface area contributed by atoms with Crippen LogP contribution in [-0.4, -0.2) is 176 Å². The minimum Gasteiger partial charge on any atom is -0.483 e. The lowest BCUT2D eigenvalue weighted by Gasteiger charge is -2.53. The fourth-order valence-corrected chi connectivity index (χ4v) is 10.1. The highest BCUT2D eigenvalue weighted by Gasteiger charge is 2.58. The normalized spacial score (nSPS) is 43.3. The molecule has 3 aliphatic heterocycles. The van der Waals surface area contributed by atoms with Gasteiger partial charge in [0.2, 0.25) is 0 Å². The first-order chi connectivity index (χ1) is 30.0. The summed E-state index contributed by atoms with van der Waals surface area (Å²) in [5.74, 6) is -2.02. The van der Waals surface area contributed by atoms with E-state index in [-0.39, 0.29) is 43.9 Å². The molecular formula is C48H85N3O13. The molecule has 0 aromatic heterocycles. The van der Waals surface area contributed by atoms with Crippen molar-refractivity contribution in [2.24, 2.45) is 17.8 Å². The molecule has 370 valence electrons. The maximum atomic E-state index is 14.6. The molecule has 1 aromatic carbocycles. The highest BCUT2D eigenvalue weighted by atomic mass is 16.7. The largest absolute Gasteiger partial charge is 0.483 e. The van der Waals surface area contributed by atoms with Gasteiger partial charge in [0, 0.05) is 45.8 Å². The summed E-state index contributed by atoms with van der Waals surface area (Å²) >= 11 is 0. The number of para-hydroxylation sites is 1. The Balaban J connectivity index is 1.83. The standard InChI is InChI=1S/C48H85N3O13/c1-15-37-47(10,55)41(52)33(6)50-27-29(2)25-45(8,54)42(64-44-40(61-35-20-17-16-18-21-35)36(51(11)12)24-30(3)59-44)31(4)39(32(5)43(53)62-37)63-38-26-46(9,58-14)48(56,34(7)60-38)28-49-22-19-23-57-13/h16-18,20-21,29-34,36-42,44,49-50,52,54-56H,15,19,22-28H2,1-14H3/t29-,30-,31+,32-,33-,34+,36+,37-,38+,39+,40-,41-,42-,44+,45-,46-,47-,48+/m1/s1. The van der Waals surface area contributed by atoms with Gasteiger partial charge in [0.15, 0.2) is 18.7 Å². The van der Waals surface area contributed by atoms with Crippen molar-refractivity contribution in [2.45, 2.75) is 191 Å². The van der Waals surface area contributed by atoms with Crippen molar-refractivity contribution in [3.8, 4) is 5.75 Å². The Bertz CT molecular complexity index is 1560. The predicted molar refractivity (Wildman–Crippen MR) is 243 cm³/mol. The molecule has 0 amide bonds. The van der Waals surface area contributed by atoms with Crippen molar-refractivity contribution >= 4 is 5.97 Å². The van der Waals surface area contributed by atoms with E-state index in [9.17, 15) is 25.2 Å². The Morgan fingerprint density at radius 1 is 0.938 bits per heavy atom. The van der Waals surface area contributed by atoms with Gasteiger partial charge in [-0.3, -0.25) is 4.79 Å². The quantitative estimate of drug-likeness (QED) is 0.110.